The van der Waals surface area contributed by atoms with E-state index in [1.54, 1.807) is 18.6 Å². The van der Waals surface area contributed by atoms with Gasteiger partial charge in [-0.2, -0.15) is 0 Å². The Morgan fingerprint density at radius 3 is 3.13 bits per heavy atom. The lowest BCUT2D eigenvalue weighted by atomic mass is 9.97. The molecule has 1 aliphatic heterocycles. The number of piperidine rings is 1. The van der Waals surface area contributed by atoms with E-state index < -0.39 is 0 Å². The molecule has 2 aromatic heterocycles. The van der Waals surface area contributed by atoms with E-state index in [4.69, 9.17) is 0 Å². The lowest BCUT2D eigenvalue weighted by Gasteiger charge is -2.32. The predicted octanol–water partition coefficient (Wildman–Crippen LogP) is 1.15. The lowest BCUT2D eigenvalue weighted by molar-refractivity contribution is 0.0925. The summed E-state index contributed by atoms with van der Waals surface area (Å²) in [7, 11) is 0. The van der Waals surface area contributed by atoms with E-state index in [0.29, 0.717) is 18.2 Å². The van der Waals surface area contributed by atoms with Crippen molar-refractivity contribution in [1.82, 2.24) is 30.2 Å². The van der Waals surface area contributed by atoms with Crippen molar-refractivity contribution in [2.45, 2.75) is 26.3 Å². The van der Waals surface area contributed by atoms with Crippen molar-refractivity contribution >= 4 is 5.91 Å². The Bertz CT molecular complexity index is 641. The molecule has 1 amide bonds. The maximum absolute atomic E-state index is 12.0. The van der Waals surface area contributed by atoms with Crippen LogP contribution in [0.1, 0.15) is 34.7 Å². The zero-order valence-corrected chi connectivity index (χ0v) is 13.3. The van der Waals surface area contributed by atoms with Gasteiger partial charge in [0, 0.05) is 31.5 Å². The van der Waals surface area contributed by atoms with Crippen LogP contribution >= 0.6 is 0 Å². The number of hydrogen-bond acceptors (Lipinski definition) is 5. The van der Waals surface area contributed by atoms with Crippen LogP contribution in [-0.2, 0) is 6.54 Å². The molecule has 3 rings (SSSR count). The highest BCUT2D eigenvalue weighted by Crippen LogP contribution is 2.18. The van der Waals surface area contributed by atoms with Gasteiger partial charge < -0.3 is 10.3 Å². The molecule has 1 atom stereocenters. The molecular formula is C16H22N6O. The standard InChI is InChI=1S/C16H22N6O/c1-12-15(21-11-19-12)9-22-6-2-3-13(8-22)7-18-16(23)14-4-5-17-10-20-14/h4-5,10-11,13H,2-3,6-9H2,1H3,(H,18,23)(H,19,21)/t13-/m1/s1. The van der Waals surface area contributed by atoms with Crippen molar-refractivity contribution < 1.29 is 4.79 Å². The second-order valence-electron chi connectivity index (χ2n) is 6.02. The van der Waals surface area contributed by atoms with Gasteiger partial charge in [-0.15, -0.1) is 0 Å². The van der Waals surface area contributed by atoms with Crippen molar-refractivity contribution in [2.24, 2.45) is 5.92 Å². The molecule has 122 valence electrons. The number of carbonyl (C=O) groups excluding carboxylic acids is 1. The quantitative estimate of drug-likeness (QED) is 0.864. The van der Waals surface area contributed by atoms with Crippen LogP contribution in [0.2, 0.25) is 0 Å². The summed E-state index contributed by atoms with van der Waals surface area (Å²) < 4.78 is 0. The number of amides is 1. The maximum atomic E-state index is 12.0. The Morgan fingerprint density at radius 1 is 1.48 bits per heavy atom. The summed E-state index contributed by atoms with van der Waals surface area (Å²) >= 11 is 0. The number of carbonyl (C=O) groups is 1. The van der Waals surface area contributed by atoms with Gasteiger partial charge in [0.1, 0.15) is 12.0 Å². The smallest absolute Gasteiger partial charge is 0.270 e. The van der Waals surface area contributed by atoms with Crippen LogP contribution in [0, 0.1) is 12.8 Å². The number of aromatic nitrogens is 4. The van der Waals surface area contributed by atoms with Gasteiger partial charge in [0.05, 0.1) is 12.0 Å². The first kappa shape index (κ1) is 15.6. The molecule has 0 bridgehead atoms. The topological polar surface area (TPSA) is 86.8 Å². The average molecular weight is 314 g/mol. The van der Waals surface area contributed by atoms with Gasteiger partial charge in [-0.3, -0.25) is 9.69 Å². The maximum Gasteiger partial charge on any atom is 0.270 e. The molecule has 23 heavy (non-hydrogen) atoms. The minimum atomic E-state index is -0.132. The first-order chi connectivity index (χ1) is 11.2. The van der Waals surface area contributed by atoms with Crippen LogP contribution in [0.15, 0.2) is 24.9 Å². The molecule has 0 saturated carbocycles. The summed E-state index contributed by atoms with van der Waals surface area (Å²) in [6.45, 7) is 5.66. The van der Waals surface area contributed by atoms with Gasteiger partial charge in [0.25, 0.3) is 5.91 Å². The highest BCUT2D eigenvalue weighted by atomic mass is 16.1. The van der Waals surface area contributed by atoms with Crippen LogP contribution in [0.5, 0.6) is 0 Å². The molecule has 0 aromatic carbocycles. The van der Waals surface area contributed by atoms with Crippen LogP contribution in [-0.4, -0.2) is 50.4 Å². The van der Waals surface area contributed by atoms with Gasteiger partial charge in [-0.05, 0) is 38.3 Å². The van der Waals surface area contributed by atoms with Gasteiger partial charge in [-0.1, -0.05) is 0 Å². The Balaban J connectivity index is 1.49. The van der Waals surface area contributed by atoms with Crippen molar-refractivity contribution in [2.75, 3.05) is 19.6 Å². The molecule has 0 unspecified atom stereocenters. The number of imidazole rings is 1. The van der Waals surface area contributed by atoms with Gasteiger partial charge in [0.15, 0.2) is 0 Å². The Labute approximate surface area is 135 Å². The van der Waals surface area contributed by atoms with Crippen molar-refractivity contribution in [3.05, 3.63) is 42.0 Å². The minimum Gasteiger partial charge on any atom is -0.350 e. The monoisotopic (exact) mass is 314 g/mol. The number of rotatable bonds is 5. The van der Waals surface area contributed by atoms with Crippen molar-refractivity contribution in [3.63, 3.8) is 0 Å². The lowest BCUT2D eigenvalue weighted by Crippen LogP contribution is -2.40. The first-order valence-electron chi connectivity index (χ1n) is 7.98. The third-order valence-electron chi connectivity index (χ3n) is 4.28. The molecular weight excluding hydrogens is 292 g/mol. The van der Waals surface area contributed by atoms with E-state index in [2.05, 4.69) is 30.2 Å². The van der Waals surface area contributed by atoms with Gasteiger partial charge in [0.2, 0.25) is 0 Å². The number of likely N-dealkylation sites (tertiary alicyclic amines) is 1. The van der Waals surface area contributed by atoms with E-state index in [1.165, 1.54) is 6.33 Å². The molecule has 1 aliphatic rings. The molecule has 7 nitrogen and oxygen atoms in total. The number of hydrogen-bond donors (Lipinski definition) is 2. The van der Waals surface area contributed by atoms with E-state index >= 15 is 0 Å². The second-order valence-corrected chi connectivity index (χ2v) is 6.02. The minimum absolute atomic E-state index is 0.132. The molecule has 1 fully saturated rings. The molecule has 0 aliphatic carbocycles. The molecule has 7 heteroatoms. The zero-order valence-electron chi connectivity index (χ0n) is 13.3. The molecule has 0 spiro atoms. The molecule has 0 radical (unpaired) electrons. The summed E-state index contributed by atoms with van der Waals surface area (Å²) in [4.78, 5) is 29.7. The zero-order chi connectivity index (χ0) is 16.1. The highest BCUT2D eigenvalue weighted by Gasteiger charge is 2.21. The van der Waals surface area contributed by atoms with Crippen LogP contribution in [0.3, 0.4) is 0 Å². The highest BCUT2D eigenvalue weighted by molar-refractivity contribution is 5.92. The fourth-order valence-corrected chi connectivity index (χ4v) is 2.97. The summed E-state index contributed by atoms with van der Waals surface area (Å²) in [5, 5.41) is 2.98. The summed E-state index contributed by atoms with van der Waals surface area (Å²) in [5.74, 6) is 0.335. The van der Waals surface area contributed by atoms with Gasteiger partial charge in [-0.25, -0.2) is 15.0 Å². The van der Waals surface area contributed by atoms with Crippen molar-refractivity contribution in [3.8, 4) is 0 Å². The fourth-order valence-electron chi connectivity index (χ4n) is 2.97. The molecule has 2 N–H and O–H groups in total. The van der Waals surface area contributed by atoms with Crippen LogP contribution < -0.4 is 5.32 Å². The van der Waals surface area contributed by atoms with Crippen molar-refractivity contribution in [1.29, 1.82) is 0 Å². The fraction of sp³-hybridized carbons (Fsp3) is 0.500. The van der Waals surface area contributed by atoms with E-state index in [0.717, 1.165) is 43.9 Å². The van der Waals surface area contributed by atoms with E-state index in [-0.39, 0.29) is 5.91 Å². The Hall–Kier alpha value is -2.28. The number of H-pyrrole nitrogens is 1. The number of nitrogens with one attached hydrogen (secondary N) is 2. The molecule has 2 aromatic rings. The van der Waals surface area contributed by atoms with Gasteiger partial charge >= 0.3 is 0 Å². The SMILES string of the molecule is Cc1[nH]cnc1CN1CCC[C@H](CNC(=O)c2ccncn2)C1. The third-order valence-corrected chi connectivity index (χ3v) is 4.28. The Morgan fingerprint density at radius 2 is 2.39 bits per heavy atom. The summed E-state index contributed by atoms with van der Waals surface area (Å²) in [6.07, 6.45) is 7.01. The Kier molecular flexibility index (Phi) is 4.97. The second kappa shape index (κ2) is 7.32. The average Bonchev–Trinajstić information content (AvgIpc) is 2.99. The van der Waals surface area contributed by atoms with Crippen LogP contribution in [0.4, 0.5) is 0 Å². The summed E-state index contributed by atoms with van der Waals surface area (Å²) in [6, 6.07) is 1.63. The number of nitrogens with zero attached hydrogens (tertiary/aromatic N) is 4. The normalized spacial score (nSPS) is 18.7. The number of aryl methyl sites for hydroxylation is 1. The first-order valence-corrected chi connectivity index (χ1v) is 7.98. The molecule has 1 saturated heterocycles. The number of aromatic amines is 1. The summed E-state index contributed by atoms with van der Waals surface area (Å²) in [5.41, 5.74) is 2.65. The predicted molar refractivity (Wildman–Crippen MR) is 85.7 cm³/mol. The third kappa shape index (κ3) is 4.13. The van der Waals surface area contributed by atoms with Crippen LogP contribution in [0.25, 0.3) is 0 Å². The largest absolute Gasteiger partial charge is 0.350 e. The van der Waals surface area contributed by atoms with E-state index in [1.807, 2.05) is 6.92 Å². The molecule has 3 heterocycles. The van der Waals surface area contributed by atoms with E-state index in [9.17, 15) is 4.79 Å².